The SMILES string of the molecule is CCOC(=O)C(CN)c1ccc(C)cc1. The lowest BCUT2D eigenvalue weighted by Crippen LogP contribution is -2.23. The molecule has 0 saturated heterocycles. The number of benzene rings is 1. The lowest BCUT2D eigenvalue weighted by atomic mass is 9.98. The molecule has 1 aromatic rings. The maximum absolute atomic E-state index is 11.6. The third-order valence-corrected chi connectivity index (χ3v) is 2.29. The minimum atomic E-state index is -0.342. The first-order chi connectivity index (χ1) is 7.19. The summed E-state index contributed by atoms with van der Waals surface area (Å²) in [4.78, 5) is 11.6. The molecule has 0 saturated carbocycles. The Morgan fingerprint density at radius 3 is 2.47 bits per heavy atom. The Labute approximate surface area is 90.2 Å². The van der Waals surface area contributed by atoms with Crippen molar-refractivity contribution in [3.63, 3.8) is 0 Å². The standard InChI is InChI=1S/C12H17NO2/c1-3-15-12(14)11(8-13)10-6-4-9(2)5-7-10/h4-7,11H,3,8,13H2,1-2H3. The first-order valence-corrected chi connectivity index (χ1v) is 5.12. The van der Waals surface area contributed by atoms with E-state index in [2.05, 4.69) is 0 Å². The molecule has 3 nitrogen and oxygen atoms in total. The van der Waals surface area contributed by atoms with Gasteiger partial charge in [0.05, 0.1) is 12.5 Å². The zero-order valence-electron chi connectivity index (χ0n) is 9.19. The molecule has 82 valence electrons. The van der Waals surface area contributed by atoms with Gasteiger partial charge < -0.3 is 10.5 Å². The van der Waals surface area contributed by atoms with Crippen molar-refractivity contribution in [1.82, 2.24) is 0 Å². The number of nitrogens with two attached hydrogens (primary N) is 1. The van der Waals surface area contributed by atoms with Gasteiger partial charge >= 0.3 is 5.97 Å². The van der Waals surface area contributed by atoms with Crippen molar-refractivity contribution in [3.05, 3.63) is 35.4 Å². The van der Waals surface area contributed by atoms with E-state index in [1.54, 1.807) is 6.92 Å². The lowest BCUT2D eigenvalue weighted by Gasteiger charge is -2.13. The Kier molecular flexibility index (Phi) is 4.31. The number of aryl methyl sites for hydroxylation is 1. The summed E-state index contributed by atoms with van der Waals surface area (Å²) in [6, 6.07) is 7.78. The molecule has 0 bridgehead atoms. The summed E-state index contributed by atoms with van der Waals surface area (Å²) in [5, 5.41) is 0. The molecular weight excluding hydrogens is 190 g/mol. The van der Waals surface area contributed by atoms with E-state index >= 15 is 0 Å². The van der Waals surface area contributed by atoms with E-state index in [1.165, 1.54) is 5.56 Å². The number of carbonyl (C=O) groups excluding carboxylic acids is 1. The highest BCUT2D eigenvalue weighted by Crippen LogP contribution is 2.16. The topological polar surface area (TPSA) is 52.3 Å². The van der Waals surface area contributed by atoms with E-state index in [1.807, 2.05) is 31.2 Å². The van der Waals surface area contributed by atoms with Crippen LogP contribution in [0.5, 0.6) is 0 Å². The predicted molar refractivity (Wildman–Crippen MR) is 59.6 cm³/mol. The zero-order chi connectivity index (χ0) is 11.3. The van der Waals surface area contributed by atoms with Crippen molar-refractivity contribution in [2.24, 2.45) is 5.73 Å². The zero-order valence-corrected chi connectivity index (χ0v) is 9.19. The van der Waals surface area contributed by atoms with Crippen molar-refractivity contribution in [3.8, 4) is 0 Å². The van der Waals surface area contributed by atoms with E-state index in [0.717, 1.165) is 5.56 Å². The van der Waals surface area contributed by atoms with Crippen LogP contribution in [0.15, 0.2) is 24.3 Å². The van der Waals surface area contributed by atoms with Gasteiger partial charge in [-0.1, -0.05) is 29.8 Å². The van der Waals surface area contributed by atoms with E-state index in [-0.39, 0.29) is 18.4 Å². The van der Waals surface area contributed by atoms with Crippen LogP contribution < -0.4 is 5.73 Å². The number of hydrogen-bond acceptors (Lipinski definition) is 3. The maximum Gasteiger partial charge on any atom is 0.314 e. The summed E-state index contributed by atoms with van der Waals surface area (Å²) >= 11 is 0. The second-order valence-corrected chi connectivity index (χ2v) is 3.45. The third-order valence-electron chi connectivity index (χ3n) is 2.29. The molecule has 0 spiro atoms. The second kappa shape index (κ2) is 5.51. The average molecular weight is 207 g/mol. The van der Waals surface area contributed by atoms with Gasteiger partial charge in [-0.2, -0.15) is 0 Å². The normalized spacial score (nSPS) is 12.2. The van der Waals surface area contributed by atoms with E-state index in [0.29, 0.717) is 6.61 Å². The Morgan fingerprint density at radius 1 is 1.40 bits per heavy atom. The van der Waals surface area contributed by atoms with Crippen molar-refractivity contribution in [2.75, 3.05) is 13.2 Å². The molecular formula is C12H17NO2. The fourth-order valence-electron chi connectivity index (χ4n) is 1.41. The van der Waals surface area contributed by atoms with Crippen LogP contribution in [0.1, 0.15) is 24.0 Å². The fraction of sp³-hybridized carbons (Fsp3) is 0.417. The van der Waals surface area contributed by atoms with Crippen molar-refractivity contribution in [2.45, 2.75) is 19.8 Å². The predicted octanol–water partition coefficient (Wildman–Crippen LogP) is 1.60. The molecule has 2 N–H and O–H groups in total. The summed E-state index contributed by atoms with van der Waals surface area (Å²) in [5.74, 6) is -0.589. The Balaban J connectivity index is 2.82. The Bertz CT molecular complexity index is 319. The molecule has 0 radical (unpaired) electrons. The summed E-state index contributed by atoms with van der Waals surface area (Å²) in [5.41, 5.74) is 7.66. The number of esters is 1. The molecule has 0 aliphatic carbocycles. The number of carbonyl (C=O) groups is 1. The van der Waals surface area contributed by atoms with Gasteiger partial charge in [-0.15, -0.1) is 0 Å². The molecule has 0 fully saturated rings. The molecule has 3 heteroatoms. The first kappa shape index (κ1) is 11.7. The quantitative estimate of drug-likeness (QED) is 0.763. The Morgan fingerprint density at radius 2 is 2.00 bits per heavy atom. The number of rotatable bonds is 4. The highest BCUT2D eigenvalue weighted by molar-refractivity contribution is 5.78. The van der Waals surface area contributed by atoms with E-state index in [4.69, 9.17) is 10.5 Å². The van der Waals surface area contributed by atoms with Crippen LogP contribution in [0.2, 0.25) is 0 Å². The van der Waals surface area contributed by atoms with E-state index < -0.39 is 0 Å². The molecule has 0 aromatic heterocycles. The summed E-state index contributed by atoms with van der Waals surface area (Å²) < 4.78 is 4.96. The van der Waals surface area contributed by atoms with Crippen LogP contribution in [0.3, 0.4) is 0 Å². The van der Waals surface area contributed by atoms with Crippen LogP contribution in [0.4, 0.5) is 0 Å². The van der Waals surface area contributed by atoms with Gasteiger partial charge in [0.2, 0.25) is 0 Å². The van der Waals surface area contributed by atoms with Gasteiger partial charge in [0, 0.05) is 6.54 Å². The smallest absolute Gasteiger partial charge is 0.314 e. The third kappa shape index (κ3) is 3.06. The number of hydrogen-bond donors (Lipinski definition) is 1. The van der Waals surface area contributed by atoms with Crippen LogP contribution in [0.25, 0.3) is 0 Å². The van der Waals surface area contributed by atoms with Gasteiger partial charge in [-0.3, -0.25) is 4.79 Å². The second-order valence-electron chi connectivity index (χ2n) is 3.45. The largest absolute Gasteiger partial charge is 0.465 e. The summed E-state index contributed by atoms with van der Waals surface area (Å²) in [7, 11) is 0. The highest BCUT2D eigenvalue weighted by atomic mass is 16.5. The van der Waals surface area contributed by atoms with Crippen molar-refractivity contribution < 1.29 is 9.53 Å². The van der Waals surface area contributed by atoms with Gasteiger partial charge in [0.25, 0.3) is 0 Å². The molecule has 0 amide bonds. The summed E-state index contributed by atoms with van der Waals surface area (Å²) in [6.07, 6.45) is 0. The molecule has 1 atom stereocenters. The Hall–Kier alpha value is -1.35. The summed E-state index contributed by atoms with van der Waals surface area (Å²) in [6.45, 7) is 4.47. The molecule has 1 aromatic carbocycles. The van der Waals surface area contributed by atoms with Crippen molar-refractivity contribution >= 4 is 5.97 Å². The lowest BCUT2D eigenvalue weighted by molar-refractivity contribution is -0.144. The van der Waals surface area contributed by atoms with Gasteiger partial charge in [0.15, 0.2) is 0 Å². The molecule has 0 aliphatic heterocycles. The first-order valence-electron chi connectivity index (χ1n) is 5.12. The average Bonchev–Trinajstić information content (AvgIpc) is 2.22. The maximum atomic E-state index is 11.6. The van der Waals surface area contributed by atoms with Gasteiger partial charge in [0.1, 0.15) is 0 Å². The van der Waals surface area contributed by atoms with E-state index in [9.17, 15) is 4.79 Å². The molecule has 0 aliphatic rings. The number of ether oxygens (including phenoxy) is 1. The fourth-order valence-corrected chi connectivity index (χ4v) is 1.41. The molecule has 1 rings (SSSR count). The molecule has 15 heavy (non-hydrogen) atoms. The monoisotopic (exact) mass is 207 g/mol. The van der Waals surface area contributed by atoms with Crippen LogP contribution in [0, 0.1) is 6.92 Å². The highest BCUT2D eigenvalue weighted by Gasteiger charge is 2.19. The van der Waals surface area contributed by atoms with Gasteiger partial charge in [-0.25, -0.2) is 0 Å². The van der Waals surface area contributed by atoms with Crippen LogP contribution in [-0.2, 0) is 9.53 Å². The molecule has 0 heterocycles. The van der Waals surface area contributed by atoms with Gasteiger partial charge in [-0.05, 0) is 19.4 Å². The molecule has 1 unspecified atom stereocenters. The van der Waals surface area contributed by atoms with Crippen molar-refractivity contribution in [1.29, 1.82) is 0 Å². The minimum absolute atomic E-state index is 0.246. The van der Waals surface area contributed by atoms with Crippen LogP contribution >= 0.6 is 0 Å². The minimum Gasteiger partial charge on any atom is -0.465 e. The van der Waals surface area contributed by atoms with Crippen LogP contribution in [-0.4, -0.2) is 19.1 Å².